The van der Waals surface area contributed by atoms with Crippen LogP contribution >= 0.6 is 11.3 Å². The Morgan fingerprint density at radius 1 is 1.14 bits per heavy atom. The molecule has 29 heavy (non-hydrogen) atoms. The van der Waals surface area contributed by atoms with Crippen molar-refractivity contribution in [2.24, 2.45) is 0 Å². The summed E-state index contributed by atoms with van der Waals surface area (Å²) < 4.78 is 25.0. The molecule has 1 N–H and O–H groups in total. The van der Waals surface area contributed by atoms with Crippen LogP contribution in [-0.2, 0) is 0 Å². The van der Waals surface area contributed by atoms with Gasteiger partial charge in [0.15, 0.2) is 5.82 Å². The second-order valence-corrected chi connectivity index (χ2v) is 7.58. The molecule has 1 atom stereocenters. The lowest BCUT2D eigenvalue weighted by atomic mass is 10.1. The molecule has 0 aliphatic heterocycles. The Balaban J connectivity index is 1.80. The van der Waals surface area contributed by atoms with Crippen LogP contribution in [-0.4, -0.2) is 44.4 Å². The highest BCUT2D eigenvalue weighted by molar-refractivity contribution is 7.21. The summed E-state index contributed by atoms with van der Waals surface area (Å²) in [5, 5.41) is 10.0. The highest BCUT2D eigenvalue weighted by atomic mass is 32.1. The zero-order chi connectivity index (χ0) is 20.5. The van der Waals surface area contributed by atoms with Crippen molar-refractivity contribution in [3.8, 4) is 22.3 Å². The van der Waals surface area contributed by atoms with Gasteiger partial charge in [-0.3, -0.25) is 0 Å². The molecule has 0 amide bonds. The van der Waals surface area contributed by atoms with Crippen molar-refractivity contribution in [2.45, 2.75) is 26.9 Å². The summed E-state index contributed by atoms with van der Waals surface area (Å²) in [4.78, 5) is 18.3. The minimum atomic E-state index is -0.720. The third-order valence-corrected chi connectivity index (χ3v) is 5.06. The molecule has 1 aromatic carbocycles. The number of hydrogen-bond acceptors (Lipinski definition) is 8. The van der Waals surface area contributed by atoms with Crippen molar-refractivity contribution < 1.29 is 19.0 Å². The Bertz CT molecular complexity index is 1200. The first-order valence-electron chi connectivity index (χ1n) is 9.13. The smallest absolute Gasteiger partial charge is 0.252 e. The number of aryl methyl sites for hydroxylation is 1. The predicted molar refractivity (Wildman–Crippen MR) is 109 cm³/mol. The van der Waals surface area contributed by atoms with E-state index < -0.39 is 11.9 Å². The van der Waals surface area contributed by atoms with Gasteiger partial charge in [0.25, 0.3) is 5.88 Å². The van der Waals surface area contributed by atoms with Gasteiger partial charge in [-0.1, -0.05) is 11.3 Å². The van der Waals surface area contributed by atoms with Crippen molar-refractivity contribution in [1.82, 2.24) is 19.9 Å². The largest absolute Gasteiger partial charge is 0.477 e. The molecule has 0 unspecified atom stereocenters. The molecule has 4 aromatic rings. The average Bonchev–Trinajstić information content (AvgIpc) is 3.08. The Hall–Kier alpha value is -2.91. The van der Waals surface area contributed by atoms with Crippen LogP contribution in [0.4, 0.5) is 4.39 Å². The van der Waals surface area contributed by atoms with Crippen LogP contribution in [0.2, 0.25) is 0 Å². The fourth-order valence-corrected chi connectivity index (χ4v) is 3.80. The van der Waals surface area contributed by atoms with E-state index in [0.717, 1.165) is 11.1 Å². The molecule has 0 spiro atoms. The fourth-order valence-electron chi connectivity index (χ4n) is 2.87. The molecule has 9 heteroatoms. The van der Waals surface area contributed by atoms with Gasteiger partial charge in [0.05, 0.1) is 29.9 Å². The summed E-state index contributed by atoms with van der Waals surface area (Å²) in [6, 6.07) is 5.19. The third kappa shape index (κ3) is 3.96. The van der Waals surface area contributed by atoms with E-state index in [4.69, 9.17) is 9.47 Å². The molecule has 0 saturated carbocycles. The number of pyridine rings is 1. The fraction of sp³-hybridized carbons (Fsp3) is 0.300. The summed E-state index contributed by atoms with van der Waals surface area (Å²) in [6.45, 7) is 5.88. The number of aromatic nitrogens is 4. The number of aliphatic hydroxyl groups excluding tert-OH is 1. The van der Waals surface area contributed by atoms with E-state index in [1.165, 1.54) is 17.4 Å². The highest BCUT2D eigenvalue weighted by Crippen LogP contribution is 2.35. The number of nitrogens with zero attached hydrogens (tertiary/aromatic N) is 4. The van der Waals surface area contributed by atoms with Gasteiger partial charge < -0.3 is 14.6 Å². The summed E-state index contributed by atoms with van der Waals surface area (Å²) >= 11 is 1.32. The van der Waals surface area contributed by atoms with Crippen LogP contribution < -0.4 is 9.47 Å². The van der Waals surface area contributed by atoms with Gasteiger partial charge in [-0.05, 0) is 38.5 Å². The van der Waals surface area contributed by atoms with Gasteiger partial charge in [0.2, 0.25) is 5.88 Å². The number of hydrogen-bond donors (Lipinski definition) is 1. The van der Waals surface area contributed by atoms with Crippen molar-refractivity contribution in [3.63, 3.8) is 0 Å². The molecular formula is C20H19FN4O3S. The van der Waals surface area contributed by atoms with Crippen molar-refractivity contribution in [3.05, 3.63) is 35.8 Å². The number of ether oxygens (including phenoxy) is 2. The van der Waals surface area contributed by atoms with Crippen LogP contribution in [0.15, 0.2) is 24.4 Å². The lowest BCUT2D eigenvalue weighted by molar-refractivity contribution is 0.117. The van der Waals surface area contributed by atoms with Gasteiger partial charge in [0, 0.05) is 11.6 Å². The zero-order valence-corrected chi connectivity index (χ0v) is 17.0. The molecular weight excluding hydrogens is 395 g/mol. The molecule has 0 bridgehead atoms. The number of thiazole rings is 1. The van der Waals surface area contributed by atoms with Crippen LogP contribution in [0.5, 0.6) is 11.8 Å². The zero-order valence-electron chi connectivity index (χ0n) is 16.1. The van der Waals surface area contributed by atoms with Crippen LogP contribution in [0.3, 0.4) is 0 Å². The first-order chi connectivity index (χ1) is 13.9. The Kier molecular flexibility index (Phi) is 5.25. The quantitative estimate of drug-likeness (QED) is 0.512. The predicted octanol–water partition coefficient (Wildman–Crippen LogP) is 3.91. The Morgan fingerprint density at radius 2 is 1.97 bits per heavy atom. The molecule has 0 fully saturated rings. The summed E-state index contributed by atoms with van der Waals surface area (Å²) in [5.74, 6) is -0.307. The van der Waals surface area contributed by atoms with E-state index in [1.54, 1.807) is 13.1 Å². The number of halogens is 1. The topological polar surface area (TPSA) is 90.3 Å². The Morgan fingerprint density at radius 3 is 2.72 bits per heavy atom. The minimum Gasteiger partial charge on any atom is -0.477 e. The number of aliphatic hydroxyl groups is 1. The van der Waals surface area contributed by atoms with Gasteiger partial charge in [-0.2, -0.15) is 4.98 Å². The van der Waals surface area contributed by atoms with Gasteiger partial charge in [-0.15, -0.1) is 0 Å². The molecule has 3 aromatic heterocycles. The van der Waals surface area contributed by atoms with Crippen LogP contribution in [0.1, 0.15) is 19.4 Å². The molecule has 3 heterocycles. The molecule has 4 rings (SSSR count). The summed E-state index contributed by atoms with van der Waals surface area (Å²) in [6.07, 6.45) is 0.862. The number of benzene rings is 1. The lowest BCUT2D eigenvalue weighted by Gasteiger charge is -2.07. The maximum absolute atomic E-state index is 14.3. The van der Waals surface area contributed by atoms with E-state index in [9.17, 15) is 9.50 Å². The van der Waals surface area contributed by atoms with Gasteiger partial charge in [0.1, 0.15) is 22.0 Å². The first-order valence-corrected chi connectivity index (χ1v) is 9.94. The van der Waals surface area contributed by atoms with E-state index in [0.29, 0.717) is 38.9 Å². The lowest BCUT2D eigenvalue weighted by Crippen LogP contribution is -2.14. The van der Waals surface area contributed by atoms with Crippen molar-refractivity contribution >= 4 is 32.7 Å². The monoisotopic (exact) mass is 414 g/mol. The maximum Gasteiger partial charge on any atom is 0.252 e. The molecule has 7 nitrogen and oxygen atoms in total. The van der Waals surface area contributed by atoms with Gasteiger partial charge >= 0.3 is 0 Å². The minimum absolute atomic E-state index is 0.0403. The molecule has 0 aliphatic rings. The highest BCUT2D eigenvalue weighted by Gasteiger charge is 2.17. The van der Waals surface area contributed by atoms with E-state index in [-0.39, 0.29) is 12.5 Å². The average molecular weight is 414 g/mol. The first kappa shape index (κ1) is 19.4. The maximum atomic E-state index is 14.3. The van der Waals surface area contributed by atoms with Crippen molar-refractivity contribution in [2.75, 3.05) is 13.2 Å². The van der Waals surface area contributed by atoms with Gasteiger partial charge in [-0.25, -0.2) is 19.3 Å². The normalized spacial score (nSPS) is 12.4. The Labute approximate surface area is 170 Å². The molecule has 0 radical (unpaired) electrons. The van der Waals surface area contributed by atoms with Crippen LogP contribution in [0.25, 0.3) is 32.0 Å². The molecule has 0 aliphatic carbocycles. The summed E-state index contributed by atoms with van der Waals surface area (Å²) in [5.41, 5.74) is 3.61. The standard InChI is InChI=1S/C20H19FN4O3S/c1-4-27-16-8-22-17-12(5-10(2)6-14(17)23-16)19-24-15-7-13(21)18(25-20(15)29-19)28-9-11(3)26/h5-8,11,26H,4,9H2,1-3H3/t11-/m1/s1. The second-order valence-electron chi connectivity index (χ2n) is 6.60. The van der Waals surface area contributed by atoms with E-state index >= 15 is 0 Å². The second kappa shape index (κ2) is 7.84. The molecule has 150 valence electrons. The number of rotatable bonds is 6. The van der Waals surface area contributed by atoms with Crippen LogP contribution in [0, 0.1) is 12.7 Å². The SMILES string of the molecule is CCOc1cnc2c(-c3nc4cc(F)c(OC[C@@H](C)O)nc4s3)cc(C)cc2n1. The molecule has 0 saturated heterocycles. The number of fused-ring (bicyclic) bond motifs is 2. The third-order valence-electron chi connectivity index (χ3n) is 4.06. The van der Waals surface area contributed by atoms with E-state index in [2.05, 4.69) is 19.9 Å². The van der Waals surface area contributed by atoms with Crippen molar-refractivity contribution in [1.29, 1.82) is 0 Å². The summed E-state index contributed by atoms with van der Waals surface area (Å²) in [7, 11) is 0. The van der Waals surface area contributed by atoms with E-state index in [1.807, 2.05) is 26.0 Å².